The highest BCUT2D eigenvalue weighted by atomic mass is 16.2. The molecule has 8 rings (SSSR count). The molecule has 4 fully saturated rings. The molecule has 1 aromatic carbocycles. The van der Waals surface area contributed by atoms with E-state index in [4.69, 9.17) is 0 Å². The van der Waals surface area contributed by atoms with Gasteiger partial charge in [0.15, 0.2) is 0 Å². The molecule has 6 atom stereocenters. The number of nitrogens with one attached hydrogen (secondary N) is 1. The van der Waals surface area contributed by atoms with Crippen molar-refractivity contribution in [1.82, 2.24) is 9.88 Å². The Kier molecular flexibility index (Phi) is 5.12. The van der Waals surface area contributed by atoms with Gasteiger partial charge in [-0.1, -0.05) is 24.3 Å². The lowest BCUT2D eigenvalue weighted by atomic mass is 9.63. The summed E-state index contributed by atoms with van der Waals surface area (Å²) in [5, 5.41) is 3.07. The lowest BCUT2D eigenvalue weighted by Gasteiger charge is -2.37. The van der Waals surface area contributed by atoms with E-state index < -0.39 is 0 Å². The number of imide groups is 1. The van der Waals surface area contributed by atoms with E-state index in [0.29, 0.717) is 24.7 Å². The van der Waals surface area contributed by atoms with Gasteiger partial charge in [-0.25, -0.2) is 0 Å². The van der Waals surface area contributed by atoms with E-state index in [9.17, 15) is 14.4 Å². The fourth-order valence-corrected chi connectivity index (χ4v) is 7.62. The molecular weight excluding hydrogens is 450 g/mol. The topological polar surface area (TPSA) is 79.4 Å². The Bertz CT molecular complexity index is 1200. The number of aromatic nitrogens is 1. The predicted octanol–water partition coefficient (Wildman–Crippen LogP) is 4.22. The van der Waals surface area contributed by atoms with Gasteiger partial charge in [0, 0.05) is 30.0 Å². The largest absolute Gasteiger partial charge is 0.326 e. The summed E-state index contributed by atoms with van der Waals surface area (Å²) in [6.45, 7) is 0. The smallest absolute Gasteiger partial charge is 0.233 e. The maximum absolute atomic E-state index is 13.4. The summed E-state index contributed by atoms with van der Waals surface area (Å²) in [5.41, 5.74) is 3.19. The third kappa shape index (κ3) is 3.53. The highest BCUT2D eigenvalue weighted by Crippen LogP contribution is 2.65. The molecule has 1 N–H and O–H groups in total. The summed E-state index contributed by atoms with van der Waals surface area (Å²) in [7, 11) is 0. The van der Waals surface area contributed by atoms with Crippen LogP contribution < -0.4 is 5.32 Å². The number of nitrogens with zero attached hydrogens (tertiary/aromatic N) is 2. The summed E-state index contributed by atoms with van der Waals surface area (Å²) < 4.78 is 0. The Morgan fingerprint density at radius 2 is 1.42 bits per heavy atom. The molecule has 6 nitrogen and oxygen atoms in total. The van der Waals surface area contributed by atoms with Gasteiger partial charge in [-0.2, -0.15) is 0 Å². The maximum atomic E-state index is 13.4. The number of allylic oxidation sites excluding steroid dienone is 2. The predicted molar refractivity (Wildman–Crippen MR) is 134 cm³/mol. The molecule has 2 heterocycles. The molecule has 1 saturated heterocycles. The van der Waals surface area contributed by atoms with Gasteiger partial charge in [0.2, 0.25) is 17.7 Å². The van der Waals surface area contributed by atoms with Crippen LogP contribution in [0.3, 0.4) is 0 Å². The van der Waals surface area contributed by atoms with Crippen molar-refractivity contribution in [2.24, 2.45) is 41.4 Å². The molecule has 184 valence electrons. The van der Waals surface area contributed by atoms with Crippen LogP contribution in [0.15, 0.2) is 60.9 Å². The van der Waals surface area contributed by atoms with Crippen molar-refractivity contribution in [3.63, 3.8) is 0 Å². The minimum Gasteiger partial charge on any atom is -0.326 e. The third-order valence-electron chi connectivity index (χ3n) is 9.51. The van der Waals surface area contributed by atoms with E-state index in [1.165, 1.54) is 17.5 Å². The molecule has 5 aliphatic carbocycles. The molecule has 2 aromatic rings. The van der Waals surface area contributed by atoms with Crippen LogP contribution in [0, 0.1) is 41.4 Å². The summed E-state index contributed by atoms with van der Waals surface area (Å²) in [4.78, 5) is 45.4. The van der Waals surface area contributed by atoms with Crippen LogP contribution in [0.4, 0.5) is 5.69 Å². The lowest BCUT2D eigenvalue weighted by Crippen LogP contribution is -2.44. The van der Waals surface area contributed by atoms with Gasteiger partial charge in [-0.3, -0.25) is 24.3 Å². The van der Waals surface area contributed by atoms with E-state index in [2.05, 4.69) is 22.5 Å². The number of hydrogen-bond acceptors (Lipinski definition) is 4. The highest BCUT2D eigenvalue weighted by molar-refractivity contribution is 6.06. The van der Waals surface area contributed by atoms with Crippen LogP contribution in [0.5, 0.6) is 0 Å². The standard InChI is InChI=1S/C30H31N3O3/c34-28(32-20-5-1-17(2-6-20)15-18-11-13-31-14-12-18)19-3-7-21(8-4-19)33-29(35)26-22-9-10-23(25-16-24(22)25)27(26)30(33)36/h1-2,5-6,9-14,19,21-27H,3-4,7-8,15-16H2,(H,32,34)/t19?,21?,22-,23-,24-,25-,26-,27-/m1/s1. The first-order valence-corrected chi connectivity index (χ1v) is 13.4. The summed E-state index contributed by atoms with van der Waals surface area (Å²) in [5.74, 6) is 1.61. The molecule has 6 heteroatoms. The van der Waals surface area contributed by atoms with Crippen LogP contribution in [0.1, 0.15) is 43.2 Å². The minimum absolute atomic E-state index is 0.0328. The van der Waals surface area contributed by atoms with Gasteiger partial charge in [-0.05, 0) is 97.6 Å². The van der Waals surface area contributed by atoms with E-state index in [1.54, 1.807) is 17.3 Å². The molecule has 0 spiro atoms. The monoisotopic (exact) mass is 481 g/mol. The van der Waals surface area contributed by atoms with Crippen molar-refractivity contribution in [2.45, 2.75) is 44.6 Å². The number of rotatable bonds is 5. The first-order chi connectivity index (χ1) is 17.6. The molecule has 1 aliphatic heterocycles. The van der Waals surface area contributed by atoms with Crippen molar-refractivity contribution >= 4 is 23.4 Å². The Morgan fingerprint density at radius 1 is 0.833 bits per heavy atom. The quantitative estimate of drug-likeness (QED) is 0.512. The number of hydrogen-bond donors (Lipinski definition) is 1. The molecule has 3 saturated carbocycles. The Morgan fingerprint density at radius 3 is 2.03 bits per heavy atom. The number of likely N-dealkylation sites (tertiary alicyclic amines) is 1. The Hall–Kier alpha value is -3.28. The Balaban J connectivity index is 0.950. The normalized spacial score (nSPS) is 35.9. The summed E-state index contributed by atoms with van der Waals surface area (Å²) in [6, 6.07) is 12.0. The van der Waals surface area contributed by atoms with Crippen LogP contribution in [-0.2, 0) is 20.8 Å². The van der Waals surface area contributed by atoms with Gasteiger partial charge < -0.3 is 5.32 Å². The SMILES string of the molecule is O=C(Nc1ccc(Cc2ccncc2)cc1)C1CCC(N2C(=O)[C@@H]3[C@@H]4C=C[C@H]([C@H]5C[C@H]45)[C@H]3C2=O)CC1. The second-order valence-electron chi connectivity index (χ2n) is 11.4. The molecular formula is C30H31N3O3. The first-order valence-electron chi connectivity index (χ1n) is 13.4. The number of anilines is 1. The van der Waals surface area contributed by atoms with Crippen molar-refractivity contribution in [1.29, 1.82) is 0 Å². The fourth-order valence-electron chi connectivity index (χ4n) is 7.62. The zero-order valence-electron chi connectivity index (χ0n) is 20.3. The molecule has 3 amide bonds. The van der Waals surface area contributed by atoms with Crippen molar-refractivity contribution < 1.29 is 14.4 Å². The van der Waals surface area contributed by atoms with Crippen LogP contribution in [-0.4, -0.2) is 33.6 Å². The number of pyridine rings is 1. The number of benzene rings is 1. The number of amides is 3. The molecule has 6 aliphatic rings. The molecule has 0 unspecified atom stereocenters. The summed E-state index contributed by atoms with van der Waals surface area (Å²) in [6.07, 6.45) is 12.9. The molecule has 0 radical (unpaired) electrons. The van der Waals surface area contributed by atoms with Crippen molar-refractivity contribution in [3.05, 3.63) is 72.1 Å². The van der Waals surface area contributed by atoms with E-state index in [0.717, 1.165) is 24.9 Å². The van der Waals surface area contributed by atoms with Gasteiger partial charge in [-0.15, -0.1) is 0 Å². The zero-order valence-corrected chi connectivity index (χ0v) is 20.3. The van der Waals surface area contributed by atoms with Gasteiger partial charge in [0.1, 0.15) is 0 Å². The van der Waals surface area contributed by atoms with Gasteiger partial charge in [0.05, 0.1) is 11.8 Å². The van der Waals surface area contributed by atoms with E-state index in [1.807, 2.05) is 36.4 Å². The number of carbonyl (C=O) groups is 3. The average Bonchev–Trinajstić information content (AvgIpc) is 3.69. The van der Waals surface area contributed by atoms with E-state index in [-0.39, 0.29) is 53.4 Å². The Labute approximate surface area is 211 Å². The molecule has 36 heavy (non-hydrogen) atoms. The van der Waals surface area contributed by atoms with Crippen LogP contribution in [0.2, 0.25) is 0 Å². The van der Waals surface area contributed by atoms with E-state index >= 15 is 0 Å². The zero-order chi connectivity index (χ0) is 24.4. The third-order valence-corrected chi connectivity index (χ3v) is 9.51. The maximum Gasteiger partial charge on any atom is 0.233 e. The number of carbonyl (C=O) groups excluding carboxylic acids is 3. The highest BCUT2D eigenvalue weighted by Gasteiger charge is 2.67. The first kappa shape index (κ1) is 22.0. The molecule has 2 bridgehead atoms. The van der Waals surface area contributed by atoms with Crippen molar-refractivity contribution in [2.75, 3.05) is 5.32 Å². The van der Waals surface area contributed by atoms with Gasteiger partial charge >= 0.3 is 0 Å². The van der Waals surface area contributed by atoms with Crippen LogP contribution in [0.25, 0.3) is 0 Å². The average molecular weight is 482 g/mol. The lowest BCUT2D eigenvalue weighted by molar-refractivity contribution is -0.144. The minimum atomic E-state index is -0.126. The second-order valence-corrected chi connectivity index (χ2v) is 11.4. The fraction of sp³-hybridized carbons (Fsp3) is 0.467. The second kappa shape index (κ2) is 8.39. The summed E-state index contributed by atoms with van der Waals surface area (Å²) >= 11 is 0. The van der Waals surface area contributed by atoms with Crippen LogP contribution >= 0.6 is 0 Å². The van der Waals surface area contributed by atoms with Gasteiger partial charge in [0.25, 0.3) is 0 Å². The molecule has 1 aromatic heterocycles. The van der Waals surface area contributed by atoms with Crippen molar-refractivity contribution in [3.8, 4) is 0 Å².